The summed E-state index contributed by atoms with van der Waals surface area (Å²) in [5.41, 5.74) is 9.06. The molecule has 2 aromatic heterocycles. The van der Waals surface area contributed by atoms with Gasteiger partial charge in [0.2, 0.25) is 5.95 Å². The van der Waals surface area contributed by atoms with Gasteiger partial charge in [-0.15, -0.1) is 0 Å². The van der Waals surface area contributed by atoms with Crippen LogP contribution in [0.3, 0.4) is 0 Å². The van der Waals surface area contributed by atoms with Crippen LogP contribution >= 0.6 is 11.6 Å². The summed E-state index contributed by atoms with van der Waals surface area (Å²) in [6.45, 7) is 7.35. The third-order valence-electron chi connectivity index (χ3n) is 6.16. The fraction of sp³-hybridized carbons (Fsp3) is 0.407. The Kier molecular flexibility index (Phi) is 10.2. The average Bonchev–Trinajstić information content (AvgIpc) is 3.40. The van der Waals surface area contributed by atoms with Crippen LogP contribution in [-0.2, 0) is 9.53 Å². The highest BCUT2D eigenvalue weighted by Gasteiger charge is 2.23. The number of nitrogens with one attached hydrogen (secondary N) is 3. The third-order valence-corrected chi connectivity index (χ3v) is 6.39. The van der Waals surface area contributed by atoms with Crippen molar-refractivity contribution in [2.45, 2.75) is 52.2 Å². The first-order chi connectivity index (χ1) is 18.1. The molecule has 0 bridgehead atoms. The Morgan fingerprint density at radius 1 is 1.26 bits per heavy atom. The second kappa shape index (κ2) is 13.4. The Labute approximate surface area is 227 Å². The Bertz CT molecular complexity index is 1240. The number of anilines is 1. The first-order valence-electron chi connectivity index (χ1n) is 12.5. The third kappa shape index (κ3) is 7.53. The number of hydrogen-bond donors (Lipinski definition) is 5. The lowest BCUT2D eigenvalue weighted by Crippen LogP contribution is -2.39. The van der Waals surface area contributed by atoms with E-state index in [0.717, 1.165) is 5.56 Å². The normalized spacial score (nSPS) is 13.6. The molecule has 0 radical (unpaired) electrons. The molecule has 3 atom stereocenters. The number of aliphatic hydroxyl groups excluding tert-OH is 1. The fourth-order valence-corrected chi connectivity index (χ4v) is 3.84. The monoisotopic (exact) mass is 542 g/mol. The lowest BCUT2D eigenvalue weighted by atomic mass is 10.1. The zero-order valence-electron chi connectivity index (χ0n) is 22.0. The number of esters is 1. The zero-order valence-corrected chi connectivity index (χ0v) is 22.7. The second-order valence-electron chi connectivity index (χ2n) is 9.44. The summed E-state index contributed by atoms with van der Waals surface area (Å²) in [7, 11) is 0. The van der Waals surface area contributed by atoms with E-state index in [2.05, 4.69) is 25.6 Å². The van der Waals surface area contributed by atoms with E-state index in [-0.39, 0.29) is 25.2 Å². The number of halogens is 1. The molecule has 0 aliphatic heterocycles. The molecule has 10 nitrogen and oxygen atoms in total. The Hall–Kier alpha value is -3.47. The van der Waals surface area contributed by atoms with Crippen LogP contribution in [0.5, 0.6) is 0 Å². The molecule has 0 spiro atoms. The van der Waals surface area contributed by atoms with E-state index in [1.807, 2.05) is 27.7 Å². The number of H-pyrrole nitrogens is 1. The van der Waals surface area contributed by atoms with Crippen LogP contribution in [0.4, 0.5) is 5.95 Å². The number of ether oxygens (including phenoxy) is 1. The van der Waals surface area contributed by atoms with Crippen LogP contribution in [-0.4, -0.2) is 57.2 Å². The van der Waals surface area contributed by atoms with Crippen molar-refractivity contribution in [2.24, 2.45) is 11.7 Å². The number of rotatable bonds is 12. The molecule has 0 aliphatic rings. The summed E-state index contributed by atoms with van der Waals surface area (Å²) in [6.07, 6.45) is 4.09. The summed E-state index contributed by atoms with van der Waals surface area (Å²) >= 11 is 6.17. The molecule has 38 heavy (non-hydrogen) atoms. The van der Waals surface area contributed by atoms with Gasteiger partial charge in [-0.1, -0.05) is 44.5 Å². The van der Waals surface area contributed by atoms with Crippen LogP contribution in [0.25, 0.3) is 11.3 Å². The number of hydrogen-bond acceptors (Lipinski definition) is 8. The SMILES string of the molecule is CC[C@H](CO)Nc1ncc(C)c(-c2c[nH]c(C(=O)N[C@H](COC(=O)[C@@H](N)C(C)C)c3cccc(Cl)c3)c2)n1. The molecular formula is C27H35ClN6O4. The highest BCUT2D eigenvalue weighted by atomic mass is 35.5. The van der Waals surface area contributed by atoms with Crippen LogP contribution < -0.4 is 16.4 Å². The van der Waals surface area contributed by atoms with Gasteiger partial charge in [-0.2, -0.15) is 0 Å². The van der Waals surface area contributed by atoms with Gasteiger partial charge in [0.25, 0.3) is 5.91 Å². The summed E-state index contributed by atoms with van der Waals surface area (Å²) in [5.74, 6) is -0.641. The van der Waals surface area contributed by atoms with Crippen molar-refractivity contribution in [3.63, 3.8) is 0 Å². The summed E-state index contributed by atoms with van der Waals surface area (Å²) in [5, 5.41) is 16.0. The van der Waals surface area contributed by atoms with Crippen LogP contribution in [0.2, 0.25) is 5.02 Å². The van der Waals surface area contributed by atoms with Crippen molar-refractivity contribution in [1.29, 1.82) is 0 Å². The second-order valence-corrected chi connectivity index (χ2v) is 9.88. The number of aliphatic hydroxyl groups is 1. The quantitative estimate of drug-likeness (QED) is 0.217. The number of aromatic nitrogens is 3. The van der Waals surface area contributed by atoms with Gasteiger partial charge < -0.3 is 31.2 Å². The van der Waals surface area contributed by atoms with E-state index >= 15 is 0 Å². The summed E-state index contributed by atoms with van der Waals surface area (Å²) in [6, 6.07) is 7.08. The summed E-state index contributed by atoms with van der Waals surface area (Å²) < 4.78 is 5.44. The zero-order chi connectivity index (χ0) is 27.8. The molecule has 0 saturated carbocycles. The minimum atomic E-state index is -0.767. The maximum absolute atomic E-state index is 13.2. The smallest absolute Gasteiger partial charge is 0.323 e. The molecule has 0 saturated heterocycles. The molecule has 1 amide bonds. The topological polar surface area (TPSA) is 155 Å². The van der Waals surface area contributed by atoms with E-state index in [1.165, 1.54) is 0 Å². The van der Waals surface area contributed by atoms with E-state index in [0.29, 0.717) is 39.9 Å². The van der Waals surface area contributed by atoms with Crippen molar-refractivity contribution in [3.05, 3.63) is 64.6 Å². The van der Waals surface area contributed by atoms with E-state index in [1.54, 1.807) is 42.7 Å². The molecule has 0 unspecified atom stereocenters. The highest BCUT2D eigenvalue weighted by molar-refractivity contribution is 6.30. The van der Waals surface area contributed by atoms with Gasteiger partial charge in [-0.05, 0) is 48.6 Å². The number of carbonyl (C=O) groups excluding carboxylic acids is 2. The Morgan fingerprint density at radius 2 is 2.03 bits per heavy atom. The highest BCUT2D eigenvalue weighted by Crippen LogP contribution is 2.24. The molecule has 6 N–H and O–H groups in total. The lowest BCUT2D eigenvalue weighted by Gasteiger charge is -2.21. The molecule has 0 aliphatic carbocycles. The van der Waals surface area contributed by atoms with Gasteiger partial charge in [0.15, 0.2) is 0 Å². The van der Waals surface area contributed by atoms with Gasteiger partial charge in [0.05, 0.1) is 24.4 Å². The van der Waals surface area contributed by atoms with Gasteiger partial charge in [-0.25, -0.2) is 9.97 Å². The van der Waals surface area contributed by atoms with Crippen LogP contribution in [0.1, 0.15) is 54.8 Å². The van der Waals surface area contributed by atoms with Crippen molar-refractivity contribution in [2.75, 3.05) is 18.5 Å². The van der Waals surface area contributed by atoms with E-state index in [9.17, 15) is 14.7 Å². The standard InChI is InChI=1S/C27H35ClN6O4/c1-5-20(13-35)32-27-31-11-16(4)24(34-27)18-10-21(30-12-18)25(36)33-22(17-7-6-8-19(28)9-17)14-38-26(37)23(29)15(2)3/h6-12,15,20,22-23,30,35H,5,13-14,29H2,1-4H3,(H,33,36)(H,31,32,34)/t20-,22-,23+/m1/s1. The Morgan fingerprint density at radius 3 is 2.68 bits per heavy atom. The maximum Gasteiger partial charge on any atom is 0.323 e. The number of benzene rings is 1. The predicted octanol–water partition coefficient (Wildman–Crippen LogP) is 3.61. The minimum Gasteiger partial charge on any atom is -0.462 e. The van der Waals surface area contributed by atoms with Crippen molar-refractivity contribution >= 4 is 29.4 Å². The van der Waals surface area contributed by atoms with Gasteiger partial charge in [-0.3, -0.25) is 9.59 Å². The Balaban J connectivity index is 1.79. The van der Waals surface area contributed by atoms with Crippen LogP contribution in [0.15, 0.2) is 42.7 Å². The molecule has 11 heteroatoms. The van der Waals surface area contributed by atoms with Crippen molar-refractivity contribution < 1.29 is 19.4 Å². The largest absolute Gasteiger partial charge is 0.462 e. The first kappa shape index (κ1) is 29.1. The fourth-order valence-electron chi connectivity index (χ4n) is 3.64. The number of aryl methyl sites for hydroxylation is 1. The predicted molar refractivity (Wildman–Crippen MR) is 147 cm³/mol. The van der Waals surface area contributed by atoms with Gasteiger partial charge in [0.1, 0.15) is 18.3 Å². The lowest BCUT2D eigenvalue weighted by molar-refractivity contribution is -0.147. The number of nitrogens with zero attached hydrogens (tertiary/aromatic N) is 2. The average molecular weight is 543 g/mol. The van der Waals surface area contributed by atoms with E-state index in [4.69, 9.17) is 22.1 Å². The van der Waals surface area contributed by atoms with Gasteiger partial charge in [0, 0.05) is 23.0 Å². The number of amides is 1. The molecule has 3 aromatic rings. The minimum absolute atomic E-state index is 0.0376. The van der Waals surface area contributed by atoms with E-state index < -0.39 is 24.0 Å². The van der Waals surface area contributed by atoms with Crippen molar-refractivity contribution in [1.82, 2.24) is 20.3 Å². The van der Waals surface area contributed by atoms with Crippen LogP contribution in [0, 0.1) is 12.8 Å². The molecule has 204 valence electrons. The molecule has 3 rings (SSSR count). The molecular weight excluding hydrogens is 508 g/mol. The number of carbonyl (C=O) groups is 2. The summed E-state index contributed by atoms with van der Waals surface area (Å²) in [4.78, 5) is 37.4. The number of aromatic amines is 1. The molecule has 1 aromatic carbocycles. The first-order valence-corrected chi connectivity index (χ1v) is 12.9. The van der Waals surface area contributed by atoms with Crippen molar-refractivity contribution in [3.8, 4) is 11.3 Å². The van der Waals surface area contributed by atoms with Gasteiger partial charge >= 0.3 is 5.97 Å². The maximum atomic E-state index is 13.2. The molecule has 0 fully saturated rings. The molecule has 2 heterocycles. The number of nitrogens with two attached hydrogens (primary N) is 1.